The highest BCUT2D eigenvalue weighted by Gasteiger charge is 2.49. The fourth-order valence-corrected chi connectivity index (χ4v) is 5.31. The van der Waals surface area contributed by atoms with Crippen molar-refractivity contribution in [2.45, 2.75) is 38.8 Å². The number of aryl methyl sites for hydroxylation is 1. The second kappa shape index (κ2) is 13.5. The summed E-state index contributed by atoms with van der Waals surface area (Å²) in [5.74, 6) is -15.4. The summed E-state index contributed by atoms with van der Waals surface area (Å²) in [6.45, 7) is 0.729. The summed E-state index contributed by atoms with van der Waals surface area (Å²) >= 11 is 0. The minimum absolute atomic E-state index is 0.0837. The Morgan fingerprint density at radius 1 is 0.560 bits per heavy atom. The Kier molecular flexibility index (Phi) is 9.80. The van der Waals surface area contributed by atoms with Crippen LogP contribution in [0.4, 0.5) is 61.5 Å². The van der Waals surface area contributed by atoms with E-state index in [1.807, 2.05) is 6.92 Å². The number of fused-ring (bicyclic) bond motifs is 1. The Bertz CT molecular complexity index is 2060. The van der Waals surface area contributed by atoms with Gasteiger partial charge in [0.15, 0.2) is 0 Å². The average Bonchev–Trinajstić information content (AvgIpc) is 2.94. The largest absolute Gasteiger partial charge is 0.527 e. The molecule has 0 saturated carbocycles. The van der Waals surface area contributed by atoms with Gasteiger partial charge in [0.1, 0.15) is 70.3 Å². The van der Waals surface area contributed by atoms with E-state index in [9.17, 15) is 43.9 Å². The molecule has 0 fully saturated rings. The first-order valence-electron chi connectivity index (χ1n) is 14.2. The molecule has 5 aromatic rings. The molecule has 0 heterocycles. The van der Waals surface area contributed by atoms with Crippen molar-refractivity contribution in [3.63, 3.8) is 0 Å². The van der Waals surface area contributed by atoms with Crippen LogP contribution in [0.25, 0.3) is 33.0 Å². The quantitative estimate of drug-likeness (QED) is 0.141. The fourth-order valence-electron chi connectivity index (χ4n) is 5.31. The van der Waals surface area contributed by atoms with Crippen LogP contribution in [0.3, 0.4) is 0 Å². The third-order valence-electron chi connectivity index (χ3n) is 7.37. The zero-order valence-electron chi connectivity index (χ0n) is 24.9. The highest BCUT2D eigenvalue weighted by Crippen LogP contribution is 2.41. The van der Waals surface area contributed by atoms with Crippen LogP contribution < -0.4 is 4.74 Å². The van der Waals surface area contributed by atoms with E-state index in [0.717, 1.165) is 12.1 Å². The third-order valence-corrected chi connectivity index (χ3v) is 7.37. The summed E-state index contributed by atoms with van der Waals surface area (Å²) in [5.41, 5.74) is -6.83. The monoisotopic (exact) mass is 724 g/mol. The first-order chi connectivity index (χ1) is 23.3. The molecule has 2 nitrogen and oxygen atoms in total. The molecule has 0 aliphatic heterocycles. The molecule has 0 saturated heterocycles. The van der Waals surface area contributed by atoms with Gasteiger partial charge < -0.3 is 4.74 Å². The van der Waals surface area contributed by atoms with Crippen LogP contribution in [0.1, 0.15) is 30.0 Å². The molecule has 5 rings (SSSR count). The summed E-state index contributed by atoms with van der Waals surface area (Å²) in [7, 11) is 0. The number of hydrogen-bond donors (Lipinski definition) is 0. The molecule has 0 unspecified atom stereocenters. The predicted octanol–water partition coefficient (Wildman–Crippen LogP) is 11.5. The summed E-state index contributed by atoms with van der Waals surface area (Å²) in [6.07, 6.45) is -10.5. The molecule has 16 heteroatoms. The van der Waals surface area contributed by atoms with Crippen LogP contribution in [-0.2, 0) is 23.9 Å². The maximum Gasteiger partial charge on any atom is 0.527 e. The van der Waals surface area contributed by atoms with Crippen LogP contribution in [0, 0.1) is 52.4 Å². The van der Waals surface area contributed by atoms with Gasteiger partial charge in [-0.15, -0.1) is 13.2 Å². The van der Waals surface area contributed by atoms with E-state index in [1.165, 1.54) is 6.07 Å². The number of hydrogen-bond acceptors (Lipinski definition) is 2. The molecule has 0 aromatic heterocycles. The number of rotatable bonds is 9. The molecular weight excluding hydrogens is 706 g/mol. The van der Waals surface area contributed by atoms with E-state index in [1.54, 1.807) is 0 Å². The minimum atomic E-state index is -6.02. The molecule has 0 bridgehead atoms. The lowest BCUT2D eigenvalue weighted by Crippen LogP contribution is -2.29. The fraction of sp³-hybridized carbons (Fsp3) is 0.176. The first kappa shape index (κ1) is 36.4. The molecule has 0 aliphatic carbocycles. The van der Waals surface area contributed by atoms with Crippen LogP contribution in [0.2, 0.25) is 0 Å². The zero-order valence-corrected chi connectivity index (χ0v) is 24.9. The molecule has 0 spiro atoms. The van der Waals surface area contributed by atoms with Gasteiger partial charge in [0.25, 0.3) is 0 Å². The lowest BCUT2D eigenvalue weighted by Gasteiger charge is -2.20. The van der Waals surface area contributed by atoms with Crippen LogP contribution in [0.15, 0.2) is 54.6 Å². The van der Waals surface area contributed by atoms with E-state index in [4.69, 9.17) is 4.74 Å². The second-order valence-corrected chi connectivity index (χ2v) is 10.8. The van der Waals surface area contributed by atoms with Crippen molar-refractivity contribution < 1.29 is 70.9 Å². The van der Waals surface area contributed by atoms with Crippen molar-refractivity contribution in [2.75, 3.05) is 0 Å². The van der Waals surface area contributed by atoms with Crippen LogP contribution in [-0.4, -0.2) is 6.36 Å². The van der Waals surface area contributed by atoms with Crippen molar-refractivity contribution in [2.24, 2.45) is 0 Å². The Hall–Kier alpha value is -4.86. The Labute approximate surface area is 272 Å². The lowest BCUT2D eigenvalue weighted by atomic mass is 9.96. The van der Waals surface area contributed by atoms with Gasteiger partial charge in [-0.2, -0.15) is 8.78 Å². The highest BCUT2D eigenvalue weighted by molar-refractivity contribution is 5.89. The molecule has 0 radical (unpaired) electrons. The predicted molar refractivity (Wildman–Crippen MR) is 150 cm³/mol. The Morgan fingerprint density at radius 2 is 1.08 bits per heavy atom. The standard InChI is InChI=1S/C34H18F14O2/c1-2-3-14-4-15-8-23(38)30(32(43)29(15)22(37)5-14)17-6-20(35)19(21(36)7-17)13-49-18-11-24(39)28(25(40)12-18)16-9-26(41)31(27(42)10-16)33(44,45)50-34(46,47)48/h4-12H,2-3,13H2,1H3. The van der Waals surface area contributed by atoms with Gasteiger partial charge in [-0.1, -0.05) is 19.4 Å². The molecule has 264 valence electrons. The van der Waals surface area contributed by atoms with E-state index < -0.39 is 116 Å². The number of ether oxygens (including phenoxy) is 2. The van der Waals surface area contributed by atoms with Crippen molar-refractivity contribution in [1.29, 1.82) is 0 Å². The van der Waals surface area contributed by atoms with Crippen molar-refractivity contribution in [3.05, 3.63) is 124 Å². The number of alkyl halides is 5. The molecule has 0 amide bonds. The Morgan fingerprint density at radius 3 is 1.62 bits per heavy atom. The summed E-state index contributed by atoms with van der Waals surface area (Å²) < 4.78 is 206. The molecule has 0 atom stereocenters. The van der Waals surface area contributed by atoms with E-state index in [0.29, 0.717) is 42.7 Å². The van der Waals surface area contributed by atoms with Gasteiger partial charge in [0.2, 0.25) is 0 Å². The van der Waals surface area contributed by atoms with Gasteiger partial charge in [0.05, 0.1) is 22.1 Å². The SMILES string of the molecule is CCCc1cc(F)c2c(F)c(-c3cc(F)c(COc4cc(F)c(-c5cc(F)c(C(F)(F)OC(F)(F)F)c(F)c5)c(F)c4)c(F)c3)c(F)cc2c1. The van der Waals surface area contributed by atoms with Gasteiger partial charge >= 0.3 is 12.5 Å². The first-order valence-corrected chi connectivity index (χ1v) is 14.2. The van der Waals surface area contributed by atoms with Gasteiger partial charge in [-0.25, -0.2) is 44.3 Å². The topological polar surface area (TPSA) is 18.5 Å². The maximum absolute atomic E-state index is 15.4. The lowest BCUT2D eigenvalue weighted by molar-refractivity contribution is -0.432. The maximum atomic E-state index is 15.4. The van der Waals surface area contributed by atoms with Crippen LogP contribution in [0.5, 0.6) is 5.75 Å². The second-order valence-electron chi connectivity index (χ2n) is 10.8. The average molecular weight is 724 g/mol. The van der Waals surface area contributed by atoms with E-state index >= 15 is 17.6 Å². The molecular formula is C34H18F14O2. The van der Waals surface area contributed by atoms with Gasteiger partial charge in [0, 0.05) is 12.1 Å². The molecule has 50 heavy (non-hydrogen) atoms. The summed E-state index contributed by atoms with van der Waals surface area (Å²) in [6, 6.07) is 4.84. The summed E-state index contributed by atoms with van der Waals surface area (Å²) in [4.78, 5) is 0. The third kappa shape index (κ3) is 7.20. The number of halogens is 14. The van der Waals surface area contributed by atoms with Crippen LogP contribution >= 0.6 is 0 Å². The van der Waals surface area contributed by atoms with Crippen molar-refractivity contribution in [3.8, 4) is 28.0 Å². The molecule has 5 aromatic carbocycles. The normalized spacial score (nSPS) is 12.2. The van der Waals surface area contributed by atoms with Gasteiger partial charge in [-0.05, 0) is 64.9 Å². The van der Waals surface area contributed by atoms with Crippen molar-refractivity contribution in [1.82, 2.24) is 0 Å². The number of benzene rings is 5. The zero-order chi connectivity index (χ0) is 36.9. The van der Waals surface area contributed by atoms with E-state index in [2.05, 4.69) is 4.74 Å². The van der Waals surface area contributed by atoms with E-state index in [-0.39, 0.29) is 17.5 Å². The highest BCUT2D eigenvalue weighted by atomic mass is 19.4. The minimum Gasteiger partial charge on any atom is -0.488 e. The molecule has 0 N–H and O–H groups in total. The smallest absolute Gasteiger partial charge is 0.488 e. The van der Waals surface area contributed by atoms with Gasteiger partial charge in [-0.3, -0.25) is 0 Å². The van der Waals surface area contributed by atoms with Crippen molar-refractivity contribution >= 4 is 10.8 Å². The Balaban J connectivity index is 1.41. The molecule has 0 aliphatic rings. The summed E-state index contributed by atoms with van der Waals surface area (Å²) in [5, 5.41) is -0.732.